The fourth-order valence-electron chi connectivity index (χ4n) is 2.07. The topological polar surface area (TPSA) is 26.3 Å². The van der Waals surface area contributed by atoms with Gasteiger partial charge in [-0.1, -0.05) is 38.3 Å². The van der Waals surface area contributed by atoms with Crippen molar-refractivity contribution in [2.24, 2.45) is 5.92 Å². The molecule has 0 saturated carbocycles. The second-order valence-electron chi connectivity index (χ2n) is 5.13. The van der Waals surface area contributed by atoms with Gasteiger partial charge < -0.3 is 4.74 Å². The molecule has 0 N–H and O–H groups in total. The molecule has 98 valence electrons. The van der Waals surface area contributed by atoms with E-state index in [9.17, 15) is 4.79 Å². The van der Waals surface area contributed by atoms with Gasteiger partial charge in [-0.15, -0.1) is 0 Å². The molecule has 1 atom stereocenters. The van der Waals surface area contributed by atoms with Crippen molar-refractivity contribution < 1.29 is 9.53 Å². The van der Waals surface area contributed by atoms with Crippen LogP contribution >= 0.6 is 0 Å². The first-order chi connectivity index (χ1) is 8.29. The van der Waals surface area contributed by atoms with Crippen LogP contribution in [0.1, 0.15) is 64.7 Å². The zero-order valence-corrected chi connectivity index (χ0v) is 11.1. The molecule has 17 heavy (non-hydrogen) atoms. The summed E-state index contributed by atoms with van der Waals surface area (Å²) in [5.74, 6) is 0.604. The molecule has 1 rings (SSSR count). The summed E-state index contributed by atoms with van der Waals surface area (Å²) in [5, 5.41) is 0. The molecule has 0 aliphatic carbocycles. The molecule has 1 aliphatic rings. The van der Waals surface area contributed by atoms with Gasteiger partial charge in [-0.3, -0.25) is 4.79 Å². The van der Waals surface area contributed by atoms with Gasteiger partial charge in [-0.2, -0.15) is 0 Å². The van der Waals surface area contributed by atoms with E-state index in [2.05, 4.69) is 19.1 Å². The number of cyclic esters (lactones) is 1. The van der Waals surface area contributed by atoms with Crippen molar-refractivity contribution in [2.75, 3.05) is 6.61 Å². The lowest BCUT2D eigenvalue weighted by Crippen LogP contribution is -2.08. The maximum Gasteiger partial charge on any atom is 0.305 e. The van der Waals surface area contributed by atoms with E-state index in [1.165, 1.54) is 25.7 Å². The molecule has 0 aromatic heterocycles. The maximum absolute atomic E-state index is 11.4. The Bertz CT molecular complexity index is 233. The van der Waals surface area contributed by atoms with E-state index in [1.807, 2.05) is 0 Å². The summed E-state index contributed by atoms with van der Waals surface area (Å²) >= 11 is 0. The molecule has 0 saturated heterocycles. The van der Waals surface area contributed by atoms with Crippen molar-refractivity contribution >= 4 is 5.97 Å². The van der Waals surface area contributed by atoms with Crippen molar-refractivity contribution in [3.63, 3.8) is 0 Å². The van der Waals surface area contributed by atoms with Crippen LogP contribution in [-0.2, 0) is 9.53 Å². The Kier molecular flexibility index (Phi) is 7.78. The Hall–Kier alpha value is -0.790. The molecule has 1 aliphatic heterocycles. The molecule has 2 nitrogen and oxygen atoms in total. The smallest absolute Gasteiger partial charge is 0.305 e. The Morgan fingerprint density at radius 3 is 2.76 bits per heavy atom. The van der Waals surface area contributed by atoms with E-state index in [0.29, 0.717) is 18.9 Å². The zero-order chi connectivity index (χ0) is 12.3. The molecule has 0 aromatic rings. The molecule has 0 spiro atoms. The van der Waals surface area contributed by atoms with Crippen LogP contribution < -0.4 is 0 Å². The SMILES string of the molecule is CC1C/C=C/CCCCCCCC(=O)OCC1. The minimum Gasteiger partial charge on any atom is -0.466 e. The summed E-state index contributed by atoms with van der Waals surface area (Å²) in [6.07, 6.45) is 14.5. The summed E-state index contributed by atoms with van der Waals surface area (Å²) in [6.45, 7) is 2.81. The highest BCUT2D eigenvalue weighted by molar-refractivity contribution is 5.69. The first-order valence-corrected chi connectivity index (χ1v) is 7.09. The summed E-state index contributed by atoms with van der Waals surface area (Å²) in [4.78, 5) is 11.4. The van der Waals surface area contributed by atoms with Gasteiger partial charge >= 0.3 is 5.97 Å². The summed E-state index contributed by atoms with van der Waals surface area (Å²) in [5.41, 5.74) is 0. The number of rotatable bonds is 0. The Labute approximate surface area is 105 Å². The van der Waals surface area contributed by atoms with Gasteiger partial charge in [0.05, 0.1) is 6.61 Å². The van der Waals surface area contributed by atoms with Crippen LogP contribution in [0.4, 0.5) is 0 Å². The molecule has 0 amide bonds. The third kappa shape index (κ3) is 8.00. The molecule has 0 fully saturated rings. The average Bonchev–Trinajstić information content (AvgIpc) is 2.31. The van der Waals surface area contributed by atoms with Crippen molar-refractivity contribution in [3.8, 4) is 0 Å². The van der Waals surface area contributed by atoms with Gasteiger partial charge in [0.15, 0.2) is 0 Å². The normalized spacial score (nSPS) is 27.6. The van der Waals surface area contributed by atoms with E-state index < -0.39 is 0 Å². The first-order valence-electron chi connectivity index (χ1n) is 7.09. The van der Waals surface area contributed by atoms with E-state index >= 15 is 0 Å². The van der Waals surface area contributed by atoms with Crippen LogP contribution in [0.5, 0.6) is 0 Å². The van der Waals surface area contributed by atoms with E-state index in [0.717, 1.165) is 25.7 Å². The second kappa shape index (κ2) is 9.26. The van der Waals surface area contributed by atoms with Crippen molar-refractivity contribution in [3.05, 3.63) is 12.2 Å². The number of hydrogen-bond donors (Lipinski definition) is 0. The first kappa shape index (κ1) is 14.3. The number of allylic oxidation sites excluding steroid dienone is 2. The summed E-state index contributed by atoms with van der Waals surface area (Å²) in [7, 11) is 0. The Morgan fingerprint density at radius 2 is 1.88 bits per heavy atom. The molecule has 0 radical (unpaired) electrons. The lowest BCUT2D eigenvalue weighted by Gasteiger charge is -2.09. The number of carbonyl (C=O) groups is 1. The number of hydrogen-bond acceptors (Lipinski definition) is 2. The van der Waals surface area contributed by atoms with Crippen molar-refractivity contribution in [2.45, 2.75) is 64.7 Å². The van der Waals surface area contributed by atoms with E-state index in [4.69, 9.17) is 4.74 Å². The minimum absolute atomic E-state index is 0.0115. The van der Waals surface area contributed by atoms with E-state index in [1.54, 1.807) is 0 Å². The molecule has 0 aromatic carbocycles. The van der Waals surface area contributed by atoms with Gasteiger partial charge in [0, 0.05) is 6.42 Å². The zero-order valence-electron chi connectivity index (χ0n) is 11.1. The quantitative estimate of drug-likeness (QED) is 0.466. The Balaban J connectivity index is 2.29. The highest BCUT2D eigenvalue weighted by Gasteiger charge is 2.05. The molecular formula is C15H26O2. The molecular weight excluding hydrogens is 212 g/mol. The molecule has 0 bridgehead atoms. The maximum atomic E-state index is 11.4. The van der Waals surface area contributed by atoms with Crippen LogP contribution in [0.3, 0.4) is 0 Å². The lowest BCUT2D eigenvalue weighted by molar-refractivity contribution is -0.144. The van der Waals surface area contributed by atoms with Crippen molar-refractivity contribution in [1.82, 2.24) is 0 Å². The minimum atomic E-state index is -0.0115. The van der Waals surface area contributed by atoms with Gasteiger partial charge in [-0.25, -0.2) is 0 Å². The molecule has 1 heterocycles. The van der Waals surface area contributed by atoms with Crippen molar-refractivity contribution in [1.29, 1.82) is 0 Å². The predicted octanol–water partition coefficient (Wildman–Crippen LogP) is 4.25. The lowest BCUT2D eigenvalue weighted by atomic mass is 10.0. The van der Waals surface area contributed by atoms with Crippen LogP contribution in [0.25, 0.3) is 0 Å². The predicted molar refractivity (Wildman–Crippen MR) is 70.8 cm³/mol. The van der Waals surface area contributed by atoms with Crippen LogP contribution in [0.15, 0.2) is 12.2 Å². The van der Waals surface area contributed by atoms with Gasteiger partial charge in [0.1, 0.15) is 0 Å². The standard InChI is InChI=1S/C15H26O2/c1-14-10-8-6-4-2-3-5-7-9-11-15(16)17-13-12-14/h6,8,14H,2-5,7,9-13H2,1H3/b8-6+. The number of carbonyl (C=O) groups excluding carboxylic acids is 1. The monoisotopic (exact) mass is 238 g/mol. The summed E-state index contributed by atoms with van der Waals surface area (Å²) < 4.78 is 5.23. The number of esters is 1. The molecule has 1 unspecified atom stereocenters. The fourth-order valence-corrected chi connectivity index (χ4v) is 2.07. The largest absolute Gasteiger partial charge is 0.466 e. The fraction of sp³-hybridized carbons (Fsp3) is 0.800. The van der Waals surface area contributed by atoms with Crippen LogP contribution in [0.2, 0.25) is 0 Å². The van der Waals surface area contributed by atoms with Crippen LogP contribution in [-0.4, -0.2) is 12.6 Å². The second-order valence-corrected chi connectivity index (χ2v) is 5.13. The summed E-state index contributed by atoms with van der Waals surface area (Å²) in [6, 6.07) is 0. The third-order valence-electron chi connectivity index (χ3n) is 3.33. The van der Waals surface area contributed by atoms with Crippen LogP contribution in [0, 0.1) is 5.92 Å². The van der Waals surface area contributed by atoms with Gasteiger partial charge in [0.2, 0.25) is 0 Å². The van der Waals surface area contributed by atoms with Gasteiger partial charge in [-0.05, 0) is 38.0 Å². The Morgan fingerprint density at radius 1 is 1.12 bits per heavy atom. The average molecular weight is 238 g/mol. The molecule has 2 heteroatoms. The van der Waals surface area contributed by atoms with Gasteiger partial charge in [0.25, 0.3) is 0 Å². The number of ether oxygens (including phenoxy) is 1. The highest BCUT2D eigenvalue weighted by Crippen LogP contribution is 2.12. The third-order valence-corrected chi connectivity index (χ3v) is 3.33. The van der Waals surface area contributed by atoms with E-state index in [-0.39, 0.29) is 5.97 Å². The highest BCUT2D eigenvalue weighted by atomic mass is 16.5.